The van der Waals surface area contributed by atoms with E-state index in [0.717, 1.165) is 16.9 Å². The topological polar surface area (TPSA) is 43.6 Å². The van der Waals surface area contributed by atoms with Gasteiger partial charge in [0.05, 0.1) is 18.7 Å². The molecule has 0 fully saturated rings. The van der Waals surface area contributed by atoms with E-state index in [2.05, 4.69) is 4.98 Å². The Morgan fingerprint density at radius 2 is 2.38 bits per heavy atom. The van der Waals surface area contributed by atoms with Crippen molar-refractivity contribution in [3.8, 4) is 0 Å². The molecular weight excluding hydrogens is 204 g/mol. The van der Waals surface area contributed by atoms with Crippen molar-refractivity contribution in [1.82, 2.24) is 9.38 Å². The Morgan fingerprint density at radius 3 is 3.12 bits per heavy atom. The molecule has 4 heteroatoms. The van der Waals surface area contributed by atoms with Gasteiger partial charge in [-0.05, 0) is 31.5 Å². The molecule has 2 heterocycles. The predicted molar refractivity (Wildman–Crippen MR) is 60.3 cm³/mol. The zero-order valence-electron chi connectivity index (χ0n) is 9.43. The number of ether oxygens (including phenoxy) is 1. The average Bonchev–Trinajstić information content (AvgIpc) is 2.59. The largest absolute Gasteiger partial charge is 0.466 e. The maximum absolute atomic E-state index is 11.3. The molecule has 0 radical (unpaired) electrons. The number of imidazole rings is 1. The van der Waals surface area contributed by atoms with Crippen molar-refractivity contribution < 1.29 is 9.53 Å². The van der Waals surface area contributed by atoms with Crippen molar-refractivity contribution in [3.05, 3.63) is 35.8 Å². The number of hydrogen-bond acceptors (Lipinski definition) is 3. The second kappa shape index (κ2) is 4.35. The van der Waals surface area contributed by atoms with Gasteiger partial charge in [0.2, 0.25) is 0 Å². The molecule has 2 rings (SSSR count). The van der Waals surface area contributed by atoms with Crippen LogP contribution in [0.4, 0.5) is 0 Å². The Kier molecular flexibility index (Phi) is 2.90. The number of hydrogen-bond donors (Lipinski definition) is 0. The molecule has 0 aliphatic heterocycles. The van der Waals surface area contributed by atoms with E-state index in [4.69, 9.17) is 4.74 Å². The molecule has 0 aliphatic carbocycles. The summed E-state index contributed by atoms with van der Waals surface area (Å²) in [5.41, 5.74) is 2.75. The number of pyridine rings is 1. The van der Waals surface area contributed by atoms with Gasteiger partial charge in [-0.2, -0.15) is 0 Å². The van der Waals surface area contributed by atoms with Crippen LogP contribution in [0.15, 0.2) is 24.5 Å². The molecule has 0 atom stereocenters. The number of fused-ring (bicyclic) bond motifs is 1. The van der Waals surface area contributed by atoms with E-state index in [0.29, 0.717) is 6.61 Å². The van der Waals surface area contributed by atoms with Crippen LogP contribution in [0.25, 0.3) is 5.65 Å². The predicted octanol–water partition coefficient (Wildman–Crippen LogP) is 1.75. The monoisotopic (exact) mass is 218 g/mol. The van der Waals surface area contributed by atoms with Crippen molar-refractivity contribution in [2.24, 2.45) is 0 Å². The minimum Gasteiger partial charge on any atom is -0.466 e. The summed E-state index contributed by atoms with van der Waals surface area (Å²) < 4.78 is 6.78. The number of esters is 1. The van der Waals surface area contributed by atoms with Crippen molar-refractivity contribution in [2.45, 2.75) is 20.3 Å². The van der Waals surface area contributed by atoms with Crippen LogP contribution in [0, 0.1) is 6.92 Å². The molecule has 0 aromatic carbocycles. The van der Waals surface area contributed by atoms with E-state index in [9.17, 15) is 4.79 Å². The summed E-state index contributed by atoms with van der Waals surface area (Å²) in [5, 5.41) is 0. The summed E-state index contributed by atoms with van der Waals surface area (Å²) in [5.74, 6) is -0.234. The van der Waals surface area contributed by atoms with E-state index in [1.807, 2.05) is 35.9 Å². The Bertz CT molecular complexity index is 517. The fourth-order valence-electron chi connectivity index (χ4n) is 1.58. The zero-order chi connectivity index (χ0) is 11.5. The first-order valence-corrected chi connectivity index (χ1v) is 5.29. The summed E-state index contributed by atoms with van der Waals surface area (Å²) >= 11 is 0. The Labute approximate surface area is 93.9 Å². The molecule has 0 saturated carbocycles. The van der Waals surface area contributed by atoms with Crippen LogP contribution < -0.4 is 0 Å². The van der Waals surface area contributed by atoms with E-state index >= 15 is 0 Å². The average molecular weight is 218 g/mol. The van der Waals surface area contributed by atoms with E-state index in [-0.39, 0.29) is 12.4 Å². The van der Waals surface area contributed by atoms with Crippen LogP contribution in [0.2, 0.25) is 0 Å². The van der Waals surface area contributed by atoms with Crippen LogP contribution in [-0.4, -0.2) is 22.0 Å². The molecule has 0 spiro atoms. The first-order valence-electron chi connectivity index (χ1n) is 5.29. The normalized spacial score (nSPS) is 10.6. The third kappa shape index (κ3) is 2.21. The number of aromatic nitrogens is 2. The summed E-state index contributed by atoms with van der Waals surface area (Å²) in [4.78, 5) is 15.6. The smallest absolute Gasteiger partial charge is 0.311 e. The van der Waals surface area contributed by atoms with Crippen molar-refractivity contribution >= 4 is 11.6 Å². The molecule has 2 aromatic rings. The maximum Gasteiger partial charge on any atom is 0.311 e. The van der Waals surface area contributed by atoms with Gasteiger partial charge in [0.1, 0.15) is 5.65 Å². The van der Waals surface area contributed by atoms with Gasteiger partial charge in [0, 0.05) is 12.4 Å². The van der Waals surface area contributed by atoms with Crippen LogP contribution >= 0.6 is 0 Å². The molecule has 16 heavy (non-hydrogen) atoms. The molecule has 0 bridgehead atoms. The highest BCUT2D eigenvalue weighted by atomic mass is 16.5. The number of carbonyl (C=O) groups excluding carboxylic acids is 1. The second-order valence-electron chi connectivity index (χ2n) is 3.68. The molecule has 0 saturated heterocycles. The molecule has 0 N–H and O–H groups in total. The lowest BCUT2D eigenvalue weighted by molar-refractivity contribution is -0.142. The van der Waals surface area contributed by atoms with Gasteiger partial charge in [-0.15, -0.1) is 0 Å². The van der Waals surface area contributed by atoms with Crippen LogP contribution in [0.5, 0.6) is 0 Å². The van der Waals surface area contributed by atoms with Crippen LogP contribution in [-0.2, 0) is 16.0 Å². The number of rotatable bonds is 3. The van der Waals surface area contributed by atoms with Gasteiger partial charge in [-0.25, -0.2) is 4.98 Å². The van der Waals surface area contributed by atoms with E-state index in [1.165, 1.54) is 0 Å². The maximum atomic E-state index is 11.3. The van der Waals surface area contributed by atoms with Gasteiger partial charge in [-0.1, -0.05) is 0 Å². The standard InChI is InChI=1S/C12H14N2O2/c1-3-16-12(15)7-10-8-14-5-4-9(2)6-11(14)13-10/h4-6,8H,3,7H2,1-2H3. The molecule has 2 aromatic heterocycles. The minimum atomic E-state index is -0.234. The zero-order valence-corrected chi connectivity index (χ0v) is 9.43. The number of aryl methyl sites for hydroxylation is 1. The first kappa shape index (κ1) is 10.7. The van der Waals surface area contributed by atoms with Gasteiger partial charge in [0.25, 0.3) is 0 Å². The molecule has 0 aliphatic rings. The first-order chi connectivity index (χ1) is 7.69. The summed E-state index contributed by atoms with van der Waals surface area (Å²) in [6, 6.07) is 3.98. The Hall–Kier alpha value is -1.84. The number of carbonyl (C=O) groups is 1. The Balaban J connectivity index is 2.23. The quantitative estimate of drug-likeness (QED) is 0.737. The Morgan fingerprint density at radius 1 is 1.56 bits per heavy atom. The van der Waals surface area contributed by atoms with Gasteiger partial charge < -0.3 is 9.14 Å². The van der Waals surface area contributed by atoms with Crippen molar-refractivity contribution in [2.75, 3.05) is 6.61 Å². The fourth-order valence-corrected chi connectivity index (χ4v) is 1.58. The number of nitrogens with zero attached hydrogens (tertiary/aromatic N) is 2. The third-order valence-corrected chi connectivity index (χ3v) is 2.30. The highest BCUT2D eigenvalue weighted by Gasteiger charge is 2.07. The van der Waals surface area contributed by atoms with Gasteiger partial charge in [0.15, 0.2) is 0 Å². The molecular formula is C12H14N2O2. The lowest BCUT2D eigenvalue weighted by Crippen LogP contribution is -2.07. The van der Waals surface area contributed by atoms with Crippen molar-refractivity contribution in [3.63, 3.8) is 0 Å². The summed E-state index contributed by atoms with van der Waals surface area (Å²) in [7, 11) is 0. The van der Waals surface area contributed by atoms with Crippen LogP contribution in [0.1, 0.15) is 18.2 Å². The highest BCUT2D eigenvalue weighted by Crippen LogP contribution is 2.08. The molecule has 0 amide bonds. The lowest BCUT2D eigenvalue weighted by Gasteiger charge is -1.97. The third-order valence-electron chi connectivity index (χ3n) is 2.30. The van der Waals surface area contributed by atoms with Gasteiger partial charge in [-0.3, -0.25) is 4.79 Å². The second-order valence-corrected chi connectivity index (χ2v) is 3.68. The van der Waals surface area contributed by atoms with E-state index in [1.54, 1.807) is 6.92 Å². The fraction of sp³-hybridized carbons (Fsp3) is 0.333. The summed E-state index contributed by atoms with van der Waals surface area (Å²) in [6.45, 7) is 4.22. The molecule has 0 unspecified atom stereocenters. The SMILES string of the molecule is CCOC(=O)Cc1cn2ccc(C)cc2n1. The minimum absolute atomic E-state index is 0.231. The molecule has 4 nitrogen and oxygen atoms in total. The van der Waals surface area contributed by atoms with Crippen LogP contribution in [0.3, 0.4) is 0 Å². The van der Waals surface area contributed by atoms with Gasteiger partial charge >= 0.3 is 5.97 Å². The van der Waals surface area contributed by atoms with Crippen molar-refractivity contribution in [1.29, 1.82) is 0 Å². The lowest BCUT2D eigenvalue weighted by atomic mass is 10.3. The highest BCUT2D eigenvalue weighted by molar-refractivity contribution is 5.72. The summed E-state index contributed by atoms with van der Waals surface area (Å²) in [6.07, 6.45) is 4.02. The van der Waals surface area contributed by atoms with E-state index < -0.39 is 0 Å². The molecule has 84 valence electrons.